The molecule has 2 aliphatic rings. The number of ether oxygens (including phenoxy) is 1. The van der Waals surface area contributed by atoms with Gasteiger partial charge in [0.1, 0.15) is 11.9 Å². The maximum Gasteiger partial charge on any atom is 0.410 e. The molecule has 1 amide bonds. The van der Waals surface area contributed by atoms with Gasteiger partial charge in [-0.15, -0.1) is 0 Å². The Morgan fingerprint density at radius 3 is 2.49 bits per heavy atom. The number of hydrogen-bond acceptors (Lipinski definition) is 4. The summed E-state index contributed by atoms with van der Waals surface area (Å²) in [5.41, 5.74) is 3.20. The molecule has 1 N–H and O–H groups in total. The molecule has 1 fully saturated rings. The highest BCUT2D eigenvalue weighted by atomic mass is 28.4. The van der Waals surface area contributed by atoms with E-state index in [2.05, 4.69) is 51.3 Å². The smallest absolute Gasteiger partial charge is 0.410 e. The van der Waals surface area contributed by atoms with Gasteiger partial charge < -0.3 is 14.5 Å². The Morgan fingerprint density at radius 2 is 1.80 bits per heavy atom. The van der Waals surface area contributed by atoms with Crippen LogP contribution in [0.1, 0.15) is 56.3 Å². The van der Waals surface area contributed by atoms with E-state index in [0.29, 0.717) is 19.2 Å². The van der Waals surface area contributed by atoms with Crippen molar-refractivity contribution in [2.24, 2.45) is 0 Å². The van der Waals surface area contributed by atoms with Gasteiger partial charge in [-0.3, -0.25) is 4.90 Å². The number of benzene rings is 2. The molecule has 5 nitrogen and oxygen atoms in total. The number of amides is 1. The van der Waals surface area contributed by atoms with Gasteiger partial charge in [-0.05, 0) is 66.2 Å². The first kappa shape index (κ1) is 25.9. The fourth-order valence-electron chi connectivity index (χ4n) is 4.59. The topological polar surface area (TPSA) is 50.8 Å². The van der Waals surface area contributed by atoms with E-state index in [1.807, 2.05) is 12.1 Å². The third-order valence-electron chi connectivity index (χ3n) is 7.87. The van der Waals surface area contributed by atoms with Crippen LogP contribution in [0.5, 0.6) is 0 Å². The summed E-state index contributed by atoms with van der Waals surface area (Å²) in [5.74, 6) is -0.283. The average molecular weight is 499 g/mol. The number of carbonyl (C=O) groups is 1. The lowest BCUT2D eigenvalue weighted by molar-refractivity contribution is 0.00455. The molecule has 1 atom stereocenters. The van der Waals surface area contributed by atoms with Crippen molar-refractivity contribution in [1.82, 2.24) is 10.2 Å². The highest BCUT2D eigenvalue weighted by Crippen LogP contribution is 2.37. The van der Waals surface area contributed by atoms with Crippen molar-refractivity contribution < 1.29 is 18.3 Å². The van der Waals surface area contributed by atoms with Gasteiger partial charge in [0.15, 0.2) is 8.32 Å². The summed E-state index contributed by atoms with van der Waals surface area (Å²) in [6.07, 6.45) is 2.05. The van der Waals surface area contributed by atoms with Crippen LogP contribution in [0, 0.1) is 5.82 Å². The van der Waals surface area contributed by atoms with Gasteiger partial charge in [0.05, 0.1) is 6.04 Å². The van der Waals surface area contributed by atoms with E-state index in [9.17, 15) is 9.18 Å². The van der Waals surface area contributed by atoms with Crippen LogP contribution in [0.4, 0.5) is 9.18 Å². The predicted molar refractivity (Wildman–Crippen MR) is 140 cm³/mol. The lowest BCUT2D eigenvalue weighted by atomic mass is 9.88. The number of fused-ring (bicyclic) bond motifs is 1. The molecular formula is C28H39FN2O3Si. The highest BCUT2D eigenvalue weighted by molar-refractivity contribution is 6.74. The van der Waals surface area contributed by atoms with Crippen LogP contribution in [0.25, 0.3) is 0 Å². The van der Waals surface area contributed by atoms with Crippen molar-refractivity contribution in [2.75, 3.05) is 19.7 Å². The minimum Gasteiger partial charge on any atom is -0.446 e. The molecule has 1 aliphatic heterocycles. The van der Waals surface area contributed by atoms with Crippen molar-refractivity contribution in [3.05, 3.63) is 71.0 Å². The summed E-state index contributed by atoms with van der Waals surface area (Å²) in [7, 11) is -1.72. The Balaban J connectivity index is 1.30. The lowest BCUT2D eigenvalue weighted by Gasteiger charge is -2.41. The predicted octanol–water partition coefficient (Wildman–Crippen LogP) is 6.05. The number of nitrogens with zero attached hydrogens (tertiary/aromatic N) is 1. The average Bonchev–Trinajstić information content (AvgIpc) is 2.78. The number of hydrogen-bond donors (Lipinski definition) is 1. The van der Waals surface area contributed by atoms with Crippen LogP contribution < -0.4 is 5.32 Å². The number of carbonyl (C=O) groups excluding carboxylic acids is 1. The van der Waals surface area contributed by atoms with E-state index in [-0.39, 0.29) is 29.1 Å². The first-order chi connectivity index (χ1) is 16.5. The number of halogens is 1. The summed E-state index contributed by atoms with van der Waals surface area (Å²) in [4.78, 5) is 15.0. The zero-order chi connectivity index (χ0) is 25.2. The van der Waals surface area contributed by atoms with Crippen molar-refractivity contribution in [2.45, 2.75) is 76.4 Å². The molecule has 0 bridgehead atoms. The normalized spacial score (nSPS) is 22.3. The second-order valence-electron chi connectivity index (χ2n) is 11.3. The van der Waals surface area contributed by atoms with Gasteiger partial charge in [0.2, 0.25) is 0 Å². The van der Waals surface area contributed by atoms with Gasteiger partial charge in [-0.2, -0.15) is 0 Å². The molecule has 4 rings (SSSR count). The van der Waals surface area contributed by atoms with Gasteiger partial charge in [-0.1, -0.05) is 57.2 Å². The van der Waals surface area contributed by atoms with E-state index in [4.69, 9.17) is 9.16 Å². The van der Waals surface area contributed by atoms with E-state index in [1.54, 1.807) is 17.0 Å². The zero-order valence-electron chi connectivity index (χ0n) is 21.6. The monoisotopic (exact) mass is 498 g/mol. The highest BCUT2D eigenvalue weighted by Gasteiger charge is 2.39. The lowest BCUT2D eigenvalue weighted by Crippen LogP contribution is -2.50. The summed E-state index contributed by atoms with van der Waals surface area (Å²) < 4.78 is 25.7. The Labute approximate surface area is 210 Å². The summed E-state index contributed by atoms with van der Waals surface area (Å²) >= 11 is 0. The minimum atomic E-state index is -1.72. The molecule has 0 radical (unpaired) electrons. The minimum absolute atomic E-state index is 0.0765. The van der Waals surface area contributed by atoms with Crippen molar-refractivity contribution in [3.63, 3.8) is 0 Å². The molecule has 1 heterocycles. The maximum absolute atomic E-state index is 13.6. The second kappa shape index (κ2) is 10.4. The van der Waals surface area contributed by atoms with Gasteiger partial charge in [0.25, 0.3) is 0 Å². The summed E-state index contributed by atoms with van der Waals surface area (Å²) in [6.45, 7) is 13.4. The van der Waals surface area contributed by atoms with Crippen molar-refractivity contribution in [1.29, 1.82) is 0 Å². The van der Waals surface area contributed by atoms with Crippen LogP contribution in [0.3, 0.4) is 0 Å². The Kier molecular flexibility index (Phi) is 7.69. The third kappa shape index (κ3) is 5.96. The molecule has 0 aromatic heterocycles. The molecule has 35 heavy (non-hydrogen) atoms. The zero-order valence-corrected chi connectivity index (χ0v) is 22.6. The quantitative estimate of drug-likeness (QED) is 0.373. The van der Waals surface area contributed by atoms with E-state index >= 15 is 0 Å². The van der Waals surface area contributed by atoms with Gasteiger partial charge in [0, 0.05) is 25.7 Å². The molecule has 2 aromatic rings. The Morgan fingerprint density at radius 1 is 1.11 bits per heavy atom. The first-order valence-electron chi connectivity index (χ1n) is 12.7. The number of rotatable bonds is 7. The fourth-order valence-corrected chi connectivity index (χ4v) is 5.64. The number of nitrogens with one attached hydrogen (secondary N) is 1. The molecule has 1 saturated carbocycles. The van der Waals surface area contributed by atoms with E-state index < -0.39 is 8.32 Å². The molecule has 1 aliphatic carbocycles. The standard InChI is InChI=1S/C28H39FN2O3Si/c1-28(2,3)35(4,5)33-17-15-30-23-18-24(19-23)34-27(32)31-16-14-20-8-6-7-9-25(20)26(31)21-10-12-22(29)13-11-21/h6-13,23-24,26,30H,14-19H2,1-5H3/t23?,24?,26-/m0/s1. The molecular weight excluding hydrogens is 459 g/mol. The molecule has 190 valence electrons. The molecule has 7 heteroatoms. The fraction of sp³-hybridized carbons (Fsp3) is 0.536. The molecule has 0 unspecified atom stereocenters. The van der Waals surface area contributed by atoms with E-state index in [0.717, 1.165) is 36.9 Å². The Bertz CT molecular complexity index is 1020. The van der Waals surface area contributed by atoms with Gasteiger partial charge in [-0.25, -0.2) is 9.18 Å². The molecule has 0 saturated heterocycles. The van der Waals surface area contributed by atoms with Crippen LogP contribution in [-0.2, 0) is 15.6 Å². The Hall–Kier alpha value is -2.22. The second-order valence-corrected chi connectivity index (χ2v) is 16.1. The van der Waals surface area contributed by atoms with Crippen LogP contribution in [0.15, 0.2) is 48.5 Å². The third-order valence-corrected chi connectivity index (χ3v) is 12.4. The summed E-state index contributed by atoms with van der Waals surface area (Å²) in [6, 6.07) is 14.7. The molecule has 0 spiro atoms. The largest absolute Gasteiger partial charge is 0.446 e. The van der Waals surface area contributed by atoms with Gasteiger partial charge >= 0.3 is 6.09 Å². The van der Waals surface area contributed by atoms with Crippen LogP contribution in [-0.4, -0.2) is 51.2 Å². The summed E-state index contributed by atoms with van der Waals surface area (Å²) in [5, 5.41) is 3.75. The van der Waals surface area contributed by atoms with Crippen LogP contribution >= 0.6 is 0 Å². The van der Waals surface area contributed by atoms with Crippen molar-refractivity contribution >= 4 is 14.4 Å². The van der Waals surface area contributed by atoms with Crippen molar-refractivity contribution in [3.8, 4) is 0 Å². The maximum atomic E-state index is 13.6. The first-order valence-corrected chi connectivity index (χ1v) is 15.6. The van der Waals surface area contributed by atoms with Crippen LogP contribution in [0.2, 0.25) is 18.1 Å². The SMILES string of the molecule is CC(C)(C)[Si](C)(C)OCCNC1CC(OC(=O)N2CCc3ccccc3[C@@H]2c2ccc(F)cc2)C1. The van der Waals surface area contributed by atoms with E-state index in [1.165, 1.54) is 17.7 Å². The molecule has 2 aromatic carbocycles.